The number of nitrogens with one attached hydrogen (secondary N) is 1. The van der Waals surface area contributed by atoms with Gasteiger partial charge in [0, 0.05) is 37.3 Å². The van der Waals surface area contributed by atoms with E-state index >= 15 is 0 Å². The lowest BCUT2D eigenvalue weighted by Gasteiger charge is -2.44. The summed E-state index contributed by atoms with van der Waals surface area (Å²) in [5.41, 5.74) is 1.57. The van der Waals surface area contributed by atoms with Crippen molar-refractivity contribution in [1.82, 2.24) is 14.5 Å². The van der Waals surface area contributed by atoms with E-state index in [9.17, 15) is 4.79 Å². The second-order valence-corrected chi connectivity index (χ2v) is 7.55. The van der Waals surface area contributed by atoms with E-state index in [1.165, 1.54) is 5.69 Å². The van der Waals surface area contributed by atoms with Gasteiger partial charge in [-0.15, -0.1) is 0 Å². The third-order valence-corrected chi connectivity index (χ3v) is 5.83. The fourth-order valence-electron chi connectivity index (χ4n) is 4.34. The van der Waals surface area contributed by atoms with Crippen LogP contribution in [0.5, 0.6) is 0 Å². The summed E-state index contributed by atoms with van der Waals surface area (Å²) in [5, 5.41) is 4.65. The van der Waals surface area contributed by atoms with Gasteiger partial charge in [-0.1, -0.05) is 30.3 Å². The molecule has 6 heteroatoms. The average Bonchev–Trinajstić information content (AvgIpc) is 3.09. The lowest BCUT2D eigenvalue weighted by molar-refractivity contribution is 0.115. The van der Waals surface area contributed by atoms with Crippen molar-refractivity contribution >= 4 is 22.4 Å². The molecule has 1 aromatic heterocycles. The van der Waals surface area contributed by atoms with Crippen molar-refractivity contribution < 1.29 is 0 Å². The Bertz CT molecular complexity index is 1040. The number of nitrogens with zero attached hydrogens (tertiary/aromatic N) is 4. The molecule has 2 aliphatic heterocycles. The summed E-state index contributed by atoms with van der Waals surface area (Å²) in [6.07, 6.45) is 0. The molecular weight excluding hydrogens is 338 g/mol. The summed E-state index contributed by atoms with van der Waals surface area (Å²) in [6.45, 7) is 6.66. The fourth-order valence-corrected chi connectivity index (χ4v) is 4.34. The van der Waals surface area contributed by atoms with Crippen molar-refractivity contribution in [1.29, 1.82) is 0 Å². The Labute approximate surface area is 158 Å². The van der Waals surface area contributed by atoms with Gasteiger partial charge in [-0.25, -0.2) is 4.79 Å². The predicted octanol–water partition coefficient (Wildman–Crippen LogP) is 2.36. The zero-order chi connectivity index (χ0) is 18.4. The molecule has 1 unspecified atom stereocenters. The van der Waals surface area contributed by atoms with E-state index in [-0.39, 0.29) is 11.4 Å². The van der Waals surface area contributed by atoms with Crippen molar-refractivity contribution in [2.24, 2.45) is 0 Å². The Kier molecular flexibility index (Phi) is 3.68. The molecule has 0 spiro atoms. The van der Waals surface area contributed by atoms with Crippen LogP contribution in [-0.4, -0.2) is 46.3 Å². The lowest BCUT2D eigenvalue weighted by Crippen LogP contribution is -2.59. The van der Waals surface area contributed by atoms with Gasteiger partial charge in [0.15, 0.2) is 0 Å². The number of hydrogen-bond donors (Lipinski definition) is 1. The molecule has 2 aliphatic rings. The Morgan fingerprint density at radius 3 is 2.44 bits per heavy atom. The van der Waals surface area contributed by atoms with E-state index in [4.69, 9.17) is 0 Å². The van der Waals surface area contributed by atoms with Gasteiger partial charge in [-0.2, -0.15) is 4.98 Å². The highest BCUT2D eigenvalue weighted by Gasteiger charge is 2.40. The van der Waals surface area contributed by atoms with Gasteiger partial charge in [-0.05, 0) is 31.2 Å². The Balaban J connectivity index is 1.39. The highest BCUT2D eigenvalue weighted by Crippen LogP contribution is 2.33. The Morgan fingerprint density at radius 2 is 1.67 bits per heavy atom. The quantitative estimate of drug-likeness (QED) is 0.759. The minimum atomic E-state index is -0.277. The Morgan fingerprint density at radius 1 is 0.963 bits per heavy atom. The molecule has 1 atom stereocenters. The molecule has 5 rings (SSSR count). The lowest BCUT2D eigenvalue weighted by atomic mass is 10.1. The molecule has 138 valence electrons. The second-order valence-electron chi connectivity index (χ2n) is 7.55. The van der Waals surface area contributed by atoms with Gasteiger partial charge < -0.3 is 10.2 Å². The van der Waals surface area contributed by atoms with Crippen molar-refractivity contribution in [2.45, 2.75) is 19.1 Å². The van der Waals surface area contributed by atoms with Crippen molar-refractivity contribution in [2.75, 3.05) is 36.4 Å². The van der Waals surface area contributed by atoms with Crippen LogP contribution < -0.4 is 15.9 Å². The number of fused-ring (bicyclic) bond motifs is 3. The highest BCUT2D eigenvalue weighted by atomic mass is 16.1. The molecule has 0 bridgehead atoms. The largest absolute Gasteiger partial charge is 0.369 e. The Hall–Kier alpha value is -2.86. The molecule has 1 fully saturated rings. The summed E-state index contributed by atoms with van der Waals surface area (Å²) in [6, 6.07) is 18.4. The standard InChI is InChI=1S/C21H23N5O/c1-21(25-13-11-24(12-14-25)16-7-3-2-4-8-16)15-26-19(23-21)17-9-5-6-10-18(17)22-20(26)27/h2-10,23H,11-15H2,1H3. The van der Waals surface area contributed by atoms with Crippen LogP contribution >= 0.6 is 0 Å². The number of anilines is 2. The highest BCUT2D eigenvalue weighted by molar-refractivity contribution is 5.89. The number of hydrogen-bond acceptors (Lipinski definition) is 5. The van der Waals surface area contributed by atoms with Crippen molar-refractivity contribution in [3.63, 3.8) is 0 Å². The van der Waals surface area contributed by atoms with E-state index in [0.29, 0.717) is 6.54 Å². The molecular formula is C21H23N5O. The predicted molar refractivity (Wildman–Crippen MR) is 108 cm³/mol. The van der Waals surface area contributed by atoms with Crippen LogP contribution in [0.2, 0.25) is 0 Å². The molecule has 0 amide bonds. The summed E-state index contributed by atoms with van der Waals surface area (Å²) < 4.78 is 1.78. The van der Waals surface area contributed by atoms with Crippen LogP contribution in [0.3, 0.4) is 0 Å². The molecule has 1 N–H and O–H groups in total. The van der Waals surface area contributed by atoms with E-state index < -0.39 is 0 Å². The molecule has 27 heavy (non-hydrogen) atoms. The second kappa shape index (κ2) is 6.09. The van der Waals surface area contributed by atoms with E-state index in [2.05, 4.69) is 57.4 Å². The first kappa shape index (κ1) is 16.3. The van der Waals surface area contributed by atoms with Gasteiger partial charge in [0.2, 0.25) is 0 Å². The summed E-state index contributed by atoms with van der Waals surface area (Å²) >= 11 is 0. The van der Waals surface area contributed by atoms with Crippen LogP contribution in [0, 0.1) is 0 Å². The third kappa shape index (κ3) is 2.68. The van der Waals surface area contributed by atoms with Crippen LogP contribution in [0.1, 0.15) is 6.92 Å². The minimum absolute atomic E-state index is 0.178. The van der Waals surface area contributed by atoms with E-state index in [0.717, 1.165) is 42.9 Å². The van der Waals surface area contributed by atoms with Crippen LogP contribution in [0.25, 0.3) is 10.9 Å². The van der Waals surface area contributed by atoms with E-state index in [1.807, 2.05) is 24.3 Å². The maximum atomic E-state index is 12.5. The number of benzene rings is 2. The van der Waals surface area contributed by atoms with Gasteiger partial charge in [0.1, 0.15) is 11.5 Å². The van der Waals surface area contributed by atoms with Crippen LogP contribution in [0.15, 0.2) is 59.4 Å². The summed E-state index contributed by atoms with van der Waals surface area (Å²) in [4.78, 5) is 21.6. The van der Waals surface area contributed by atoms with Gasteiger partial charge >= 0.3 is 5.69 Å². The first-order valence-electron chi connectivity index (χ1n) is 9.47. The monoisotopic (exact) mass is 361 g/mol. The number of para-hydroxylation sites is 2. The van der Waals surface area contributed by atoms with Crippen LogP contribution in [0.4, 0.5) is 11.5 Å². The smallest absolute Gasteiger partial charge is 0.349 e. The minimum Gasteiger partial charge on any atom is -0.369 e. The molecule has 0 radical (unpaired) electrons. The van der Waals surface area contributed by atoms with Crippen LogP contribution in [-0.2, 0) is 6.54 Å². The SMILES string of the molecule is CC1(N2CCN(c3ccccc3)CC2)Cn2c(c3ccccc3nc2=O)N1. The first-order valence-corrected chi connectivity index (χ1v) is 9.47. The van der Waals surface area contributed by atoms with Gasteiger partial charge in [-0.3, -0.25) is 9.47 Å². The zero-order valence-electron chi connectivity index (χ0n) is 15.4. The number of piperazine rings is 1. The van der Waals surface area contributed by atoms with Crippen molar-refractivity contribution in [3.05, 3.63) is 65.1 Å². The molecule has 2 aromatic carbocycles. The summed E-state index contributed by atoms with van der Waals surface area (Å²) in [5.74, 6) is 0.888. The first-order chi connectivity index (χ1) is 13.1. The molecule has 3 heterocycles. The molecule has 0 aliphatic carbocycles. The average molecular weight is 361 g/mol. The number of aromatic nitrogens is 2. The van der Waals surface area contributed by atoms with Gasteiger partial charge in [0.05, 0.1) is 12.1 Å². The summed E-state index contributed by atoms with van der Waals surface area (Å²) in [7, 11) is 0. The molecule has 0 saturated carbocycles. The van der Waals surface area contributed by atoms with Gasteiger partial charge in [0.25, 0.3) is 0 Å². The maximum Gasteiger partial charge on any atom is 0.349 e. The normalized spacial score (nSPS) is 22.6. The topological polar surface area (TPSA) is 53.4 Å². The van der Waals surface area contributed by atoms with E-state index in [1.54, 1.807) is 4.57 Å². The molecule has 1 saturated heterocycles. The third-order valence-electron chi connectivity index (χ3n) is 5.83. The fraction of sp³-hybridized carbons (Fsp3) is 0.333. The molecule has 3 aromatic rings. The maximum absolute atomic E-state index is 12.5. The number of rotatable bonds is 2. The van der Waals surface area contributed by atoms with Crippen molar-refractivity contribution in [3.8, 4) is 0 Å². The molecule has 6 nitrogen and oxygen atoms in total. The zero-order valence-corrected chi connectivity index (χ0v) is 15.4.